The minimum absolute atomic E-state index is 0.969. The van der Waals surface area contributed by atoms with E-state index in [-0.39, 0.29) is 0 Å². The molecule has 0 aromatic carbocycles. The summed E-state index contributed by atoms with van der Waals surface area (Å²) in [7, 11) is 0. The predicted molar refractivity (Wildman–Crippen MR) is 40.0 cm³/mol. The van der Waals surface area contributed by atoms with Crippen LogP contribution in [0.4, 0.5) is 0 Å². The molecule has 0 aromatic heterocycles. The second-order valence-electron chi connectivity index (χ2n) is 3.19. The van der Waals surface area contributed by atoms with Gasteiger partial charge in [0.15, 0.2) is 0 Å². The van der Waals surface area contributed by atoms with Crippen LogP contribution in [-0.4, -0.2) is 0 Å². The van der Waals surface area contributed by atoms with Gasteiger partial charge in [-0.3, -0.25) is 0 Å². The van der Waals surface area contributed by atoms with Crippen molar-refractivity contribution in [3.8, 4) is 12.3 Å². The van der Waals surface area contributed by atoms with Crippen molar-refractivity contribution >= 4 is 0 Å². The first-order valence-corrected chi connectivity index (χ1v) is 3.76. The zero-order valence-corrected chi connectivity index (χ0v) is 6.06. The SMILES string of the molecule is C#CCCC1CC(C)C1. The molecule has 0 nitrogen and oxygen atoms in total. The molecule has 0 spiro atoms. The summed E-state index contributed by atoms with van der Waals surface area (Å²) in [4.78, 5) is 0. The smallest absolute Gasteiger partial charge is 0.00886 e. The van der Waals surface area contributed by atoms with E-state index in [1.165, 1.54) is 19.3 Å². The zero-order chi connectivity index (χ0) is 6.69. The van der Waals surface area contributed by atoms with E-state index < -0.39 is 0 Å². The fourth-order valence-electron chi connectivity index (χ4n) is 1.59. The molecule has 1 fully saturated rings. The molecule has 0 aliphatic heterocycles. The monoisotopic (exact) mass is 122 g/mol. The second kappa shape index (κ2) is 2.92. The summed E-state index contributed by atoms with van der Waals surface area (Å²) in [5.41, 5.74) is 0. The molecule has 1 aliphatic carbocycles. The summed E-state index contributed by atoms with van der Waals surface area (Å²) in [5, 5.41) is 0. The van der Waals surface area contributed by atoms with Crippen molar-refractivity contribution in [1.29, 1.82) is 0 Å². The molecule has 9 heavy (non-hydrogen) atoms. The Bertz CT molecular complexity index is 112. The Labute approximate surface area is 57.7 Å². The van der Waals surface area contributed by atoms with E-state index >= 15 is 0 Å². The molecule has 0 atom stereocenters. The van der Waals surface area contributed by atoms with Gasteiger partial charge < -0.3 is 0 Å². The highest BCUT2D eigenvalue weighted by Crippen LogP contribution is 2.35. The van der Waals surface area contributed by atoms with E-state index in [1.54, 1.807) is 0 Å². The van der Waals surface area contributed by atoms with Gasteiger partial charge in [-0.1, -0.05) is 6.92 Å². The van der Waals surface area contributed by atoms with Crippen molar-refractivity contribution in [2.45, 2.75) is 32.6 Å². The van der Waals surface area contributed by atoms with Crippen molar-refractivity contribution in [3.63, 3.8) is 0 Å². The third-order valence-corrected chi connectivity index (χ3v) is 2.17. The summed E-state index contributed by atoms with van der Waals surface area (Å²) in [6.07, 6.45) is 10.2. The van der Waals surface area contributed by atoms with Crippen LogP contribution in [0.5, 0.6) is 0 Å². The average molecular weight is 122 g/mol. The van der Waals surface area contributed by atoms with Crippen LogP contribution in [0.2, 0.25) is 0 Å². The first kappa shape index (κ1) is 6.68. The number of hydrogen-bond donors (Lipinski definition) is 0. The van der Waals surface area contributed by atoms with Gasteiger partial charge in [-0.05, 0) is 31.1 Å². The molecular weight excluding hydrogens is 108 g/mol. The minimum Gasteiger partial charge on any atom is -0.120 e. The Hall–Kier alpha value is -0.440. The average Bonchev–Trinajstić information content (AvgIpc) is 1.78. The Balaban J connectivity index is 1.99. The Morgan fingerprint density at radius 1 is 1.56 bits per heavy atom. The van der Waals surface area contributed by atoms with Crippen molar-refractivity contribution in [2.24, 2.45) is 11.8 Å². The summed E-state index contributed by atoms with van der Waals surface area (Å²) >= 11 is 0. The first-order chi connectivity index (χ1) is 4.33. The van der Waals surface area contributed by atoms with Crippen LogP contribution in [0.15, 0.2) is 0 Å². The van der Waals surface area contributed by atoms with Gasteiger partial charge in [-0.2, -0.15) is 0 Å². The molecule has 0 saturated heterocycles. The fraction of sp³-hybridized carbons (Fsp3) is 0.778. The van der Waals surface area contributed by atoms with Gasteiger partial charge in [0.25, 0.3) is 0 Å². The molecule has 0 N–H and O–H groups in total. The lowest BCUT2D eigenvalue weighted by molar-refractivity contribution is 0.202. The molecule has 1 rings (SSSR count). The van der Waals surface area contributed by atoms with Crippen LogP contribution >= 0.6 is 0 Å². The third-order valence-electron chi connectivity index (χ3n) is 2.17. The number of terminal acetylenes is 1. The molecule has 0 radical (unpaired) electrons. The highest BCUT2D eigenvalue weighted by molar-refractivity contribution is 4.86. The lowest BCUT2D eigenvalue weighted by Crippen LogP contribution is -2.20. The predicted octanol–water partition coefficient (Wildman–Crippen LogP) is 2.45. The first-order valence-electron chi connectivity index (χ1n) is 3.76. The molecule has 0 unspecified atom stereocenters. The van der Waals surface area contributed by atoms with Crippen LogP contribution in [0.1, 0.15) is 32.6 Å². The summed E-state index contributed by atoms with van der Waals surface area (Å²) in [5.74, 6) is 4.63. The highest BCUT2D eigenvalue weighted by atomic mass is 14.3. The second-order valence-corrected chi connectivity index (χ2v) is 3.19. The van der Waals surface area contributed by atoms with Crippen LogP contribution in [0.3, 0.4) is 0 Å². The van der Waals surface area contributed by atoms with Crippen LogP contribution in [0, 0.1) is 24.2 Å². The number of rotatable bonds is 2. The Morgan fingerprint density at radius 3 is 2.67 bits per heavy atom. The summed E-state index contributed by atoms with van der Waals surface area (Å²) in [6.45, 7) is 2.31. The van der Waals surface area contributed by atoms with Crippen molar-refractivity contribution in [1.82, 2.24) is 0 Å². The topological polar surface area (TPSA) is 0 Å². The molecule has 0 amide bonds. The van der Waals surface area contributed by atoms with Crippen molar-refractivity contribution in [3.05, 3.63) is 0 Å². The van der Waals surface area contributed by atoms with Gasteiger partial charge in [0.05, 0.1) is 0 Å². The van der Waals surface area contributed by atoms with Gasteiger partial charge in [0, 0.05) is 6.42 Å². The molecule has 0 heteroatoms. The zero-order valence-electron chi connectivity index (χ0n) is 6.06. The molecular formula is C9H14. The standard InChI is InChI=1S/C9H14/c1-3-4-5-9-6-8(2)7-9/h1,8-9H,4-7H2,2H3. The van der Waals surface area contributed by atoms with Gasteiger partial charge in [0.1, 0.15) is 0 Å². The van der Waals surface area contributed by atoms with Crippen LogP contribution in [0.25, 0.3) is 0 Å². The van der Waals surface area contributed by atoms with E-state index in [0.717, 1.165) is 18.3 Å². The maximum absolute atomic E-state index is 5.14. The summed E-state index contributed by atoms with van der Waals surface area (Å²) < 4.78 is 0. The van der Waals surface area contributed by atoms with Gasteiger partial charge in [-0.25, -0.2) is 0 Å². The van der Waals surface area contributed by atoms with Crippen molar-refractivity contribution in [2.75, 3.05) is 0 Å². The minimum atomic E-state index is 0.969. The van der Waals surface area contributed by atoms with E-state index in [2.05, 4.69) is 12.8 Å². The van der Waals surface area contributed by atoms with Crippen LogP contribution in [-0.2, 0) is 0 Å². The summed E-state index contributed by atoms with van der Waals surface area (Å²) in [6, 6.07) is 0. The molecule has 0 aromatic rings. The molecule has 0 heterocycles. The maximum Gasteiger partial charge on any atom is 0.00886 e. The van der Waals surface area contributed by atoms with Gasteiger partial charge >= 0.3 is 0 Å². The molecule has 1 aliphatic rings. The molecule has 0 bridgehead atoms. The number of hydrogen-bond acceptors (Lipinski definition) is 0. The molecule has 1 saturated carbocycles. The van der Waals surface area contributed by atoms with Crippen molar-refractivity contribution < 1.29 is 0 Å². The third kappa shape index (κ3) is 1.75. The largest absolute Gasteiger partial charge is 0.120 e. The lowest BCUT2D eigenvalue weighted by atomic mass is 9.74. The molecule has 50 valence electrons. The Morgan fingerprint density at radius 2 is 2.22 bits per heavy atom. The van der Waals surface area contributed by atoms with E-state index in [9.17, 15) is 0 Å². The normalized spacial score (nSPS) is 32.9. The van der Waals surface area contributed by atoms with E-state index in [4.69, 9.17) is 6.42 Å². The van der Waals surface area contributed by atoms with Gasteiger partial charge in [-0.15, -0.1) is 12.3 Å². The van der Waals surface area contributed by atoms with E-state index in [0.29, 0.717) is 0 Å². The Kier molecular flexibility index (Phi) is 2.16. The van der Waals surface area contributed by atoms with Crippen LogP contribution < -0.4 is 0 Å². The maximum atomic E-state index is 5.14. The van der Waals surface area contributed by atoms with Gasteiger partial charge in [0.2, 0.25) is 0 Å². The van der Waals surface area contributed by atoms with E-state index in [1.807, 2.05) is 0 Å². The fourth-order valence-corrected chi connectivity index (χ4v) is 1.59. The lowest BCUT2D eigenvalue weighted by Gasteiger charge is -2.32. The quantitative estimate of drug-likeness (QED) is 0.493. The highest BCUT2D eigenvalue weighted by Gasteiger charge is 2.23.